The zero-order valence-electron chi connectivity index (χ0n) is 19.2. The van der Waals surface area contributed by atoms with E-state index >= 15 is 0 Å². The Labute approximate surface area is 196 Å². The number of amides is 1. The van der Waals surface area contributed by atoms with E-state index in [2.05, 4.69) is 5.32 Å². The van der Waals surface area contributed by atoms with Gasteiger partial charge >= 0.3 is 0 Å². The monoisotopic (exact) mass is 459 g/mol. The van der Waals surface area contributed by atoms with Crippen LogP contribution in [0.4, 0.5) is 0 Å². The van der Waals surface area contributed by atoms with Crippen LogP contribution in [0.1, 0.15) is 24.3 Å². The number of ether oxygens (including phenoxy) is 3. The van der Waals surface area contributed by atoms with Crippen LogP contribution < -0.4 is 25.0 Å². The zero-order valence-corrected chi connectivity index (χ0v) is 19.2. The van der Waals surface area contributed by atoms with Gasteiger partial charge in [-0.2, -0.15) is 0 Å². The Kier molecular flexibility index (Phi) is 6.82. The number of rotatable bonds is 8. The first kappa shape index (κ1) is 22.9. The molecular formula is C27H25NO6. The highest BCUT2D eigenvalue weighted by Gasteiger charge is 2.15. The van der Waals surface area contributed by atoms with E-state index in [4.69, 9.17) is 18.6 Å². The molecule has 0 radical (unpaired) electrons. The molecule has 1 aromatic heterocycles. The Morgan fingerprint density at radius 3 is 2.35 bits per heavy atom. The maximum atomic E-state index is 13.0. The van der Waals surface area contributed by atoms with Crippen LogP contribution in [-0.2, 0) is 4.79 Å². The van der Waals surface area contributed by atoms with Crippen LogP contribution >= 0.6 is 0 Å². The zero-order chi connectivity index (χ0) is 24.1. The summed E-state index contributed by atoms with van der Waals surface area (Å²) in [4.78, 5) is 25.3. The van der Waals surface area contributed by atoms with E-state index in [0.29, 0.717) is 34.0 Å². The van der Waals surface area contributed by atoms with Gasteiger partial charge in [-0.25, -0.2) is 0 Å². The second kappa shape index (κ2) is 10.1. The van der Waals surface area contributed by atoms with Gasteiger partial charge in [-0.15, -0.1) is 0 Å². The first-order chi connectivity index (χ1) is 16.4. The summed E-state index contributed by atoms with van der Waals surface area (Å²) in [6.07, 6.45) is 0. The quantitative estimate of drug-likeness (QED) is 0.392. The fourth-order valence-electron chi connectivity index (χ4n) is 3.49. The van der Waals surface area contributed by atoms with E-state index in [0.717, 1.165) is 5.56 Å². The molecule has 7 heteroatoms. The predicted octanol–water partition coefficient (Wildman–Crippen LogP) is 5.16. The first-order valence-corrected chi connectivity index (χ1v) is 10.8. The van der Waals surface area contributed by atoms with Crippen LogP contribution in [0.3, 0.4) is 0 Å². The molecular weight excluding hydrogens is 434 g/mol. The van der Waals surface area contributed by atoms with Crippen molar-refractivity contribution < 1.29 is 23.4 Å². The van der Waals surface area contributed by atoms with E-state index in [-0.39, 0.29) is 29.7 Å². The number of hydrogen-bond donors (Lipinski definition) is 1. The molecule has 0 saturated carbocycles. The number of aryl methyl sites for hydroxylation is 1. The molecule has 0 spiro atoms. The van der Waals surface area contributed by atoms with Gasteiger partial charge in [0, 0.05) is 6.07 Å². The van der Waals surface area contributed by atoms with Gasteiger partial charge < -0.3 is 23.9 Å². The highest BCUT2D eigenvalue weighted by atomic mass is 16.5. The molecule has 1 amide bonds. The number of carbonyl (C=O) groups excluding carboxylic acids is 1. The standard InChI is InChI=1S/C27H25NO6/c1-17(19-7-5-4-6-8-19)28-25(29)16-32-22-13-14-23-24(15-22)33-18(2)27(26(23)30)34-21-11-9-20(31-3)10-12-21/h4-15,17H,16H2,1-3H3,(H,28,29). The van der Waals surface area contributed by atoms with Crippen LogP contribution in [0.5, 0.6) is 23.0 Å². The van der Waals surface area contributed by atoms with Crippen LogP contribution in [-0.4, -0.2) is 19.6 Å². The fraction of sp³-hybridized carbons (Fsp3) is 0.185. The third-order valence-corrected chi connectivity index (χ3v) is 5.31. The van der Waals surface area contributed by atoms with Crippen molar-refractivity contribution in [2.45, 2.75) is 19.9 Å². The van der Waals surface area contributed by atoms with Crippen molar-refractivity contribution in [3.05, 3.63) is 94.3 Å². The average molecular weight is 459 g/mol. The Hall–Kier alpha value is -4.26. The molecule has 174 valence electrons. The lowest BCUT2D eigenvalue weighted by Gasteiger charge is -2.15. The number of carbonyl (C=O) groups is 1. The summed E-state index contributed by atoms with van der Waals surface area (Å²) in [5.41, 5.74) is 1.06. The molecule has 34 heavy (non-hydrogen) atoms. The van der Waals surface area contributed by atoms with E-state index < -0.39 is 0 Å². The molecule has 0 aliphatic heterocycles. The molecule has 1 unspecified atom stereocenters. The topological polar surface area (TPSA) is 87.0 Å². The molecule has 0 saturated heterocycles. The highest BCUT2D eigenvalue weighted by molar-refractivity contribution is 5.80. The highest BCUT2D eigenvalue weighted by Crippen LogP contribution is 2.28. The minimum atomic E-state index is -0.296. The van der Waals surface area contributed by atoms with Crippen molar-refractivity contribution in [3.8, 4) is 23.0 Å². The van der Waals surface area contributed by atoms with Crippen molar-refractivity contribution in [2.24, 2.45) is 0 Å². The van der Waals surface area contributed by atoms with Crippen molar-refractivity contribution in [1.82, 2.24) is 5.32 Å². The lowest BCUT2D eigenvalue weighted by molar-refractivity contribution is -0.123. The maximum Gasteiger partial charge on any atom is 0.258 e. The second-order valence-corrected chi connectivity index (χ2v) is 7.74. The van der Waals surface area contributed by atoms with E-state index in [1.807, 2.05) is 37.3 Å². The summed E-state index contributed by atoms with van der Waals surface area (Å²) in [6.45, 7) is 3.41. The van der Waals surface area contributed by atoms with Crippen molar-refractivity contribution >= 4 is 16.9 Å². The summed E-state index contributed by atoms with van der Waals surface area (Å²) in [5.74, 6) is 1.79. The maximum absolute atomic E-state index is 13.0. The van der Waals surface area contributed by atoms with Gasteiger partial charge in [0.05, 0.1) is 18.5 Å². The molecule has 4 aromatic rings. The van der Waals surface area contributed by atoms with Crippen molar-refractivity contribution in [1.29, 1.82) is 0 Å². The number of benzene rings is 3. The lowest BCUT2D eigenvalue weighted by atomic mass is 10.1. The van der Waals surface area contributed by atoms with Gasteiger partial charge in [-0.1, -0.05) is 30.3 Å². The van der Waals surface area contributed by atoms with Gasteiger partial charge in [0.15, 0.2) is 6.61 Å². The second-order valence-electron chi connectivity index (χ2n) is 7.74. The molecule has 0 fully saturated rings. The molecule has 4 rings (SSSR count). The third-order valence-electron chi connectivity index (χ3n) is 5.31. The summed E-state index contributed by atoms with van der Waals surface area (Å²) < 4.78 is 22.4. The van der Waals surface area contributed by atoms with Crippen LogP contribution in [0.25, 0.3) is 11.0 Å². The summed E-state index contributed by atoms with van der Waals surface area (Å²) in [6, 6.07) is 21.3. The normalized spacial score (nSPS) is 11.6. The largest absolute Gasteiger partial charge is 0.497 e. The molecule has 0 aliphatic carbocycles. The van der Waals surface area contributed by atoms with Gasteiger partial charge in [-0.05, 0) is 55.8 Å². The van der Waals surface area contributed by atoms with Gasteiger partial charge in [0.1, 0.15) is 28.6 Å². The molecule has 1 atom stereocenters. The van der Waals surface area contributed by atoms with Crippen LogP contribution in [0.15, 0.2) is 82.0 Å². The number of methoxy groups -OCH3 is 1. The van der Waals surface area contributed by atoms with Gasteiger partial charge in [-0.3, -0.25) is 9.59 Å². The van der Waals surface area contributed by atoms with Gasteiger partial charge in [0.25, 0.3) is 5.91 Å². The van der Waals surface area contributed by atoms with E-state index in [1.165, 1.54) is 0 Å². The number of hydrogen-bond acceptors (Lipinski definition) is 6. The van der Waals surface area contributed by atoms with Crippen molar-refractivity contribution in [3.63, 3.8) is 0 Å². The Morgan fingerprint density at radius 1 is 0.971 bits per heavy atom. The number of nitrogens with one attached hydrogen (secondary N) is 1. The molecule has 0 aliphatic rings. The average Bonchev–Trinajstić information content (AvgIpc) is 2.86. The van der Waals surface area contributed by atoms with Crippen molar-refractivity contribution in [2.75, 3.05) is 13.7 Å². The van der Waals surface area contributed by atoms with Crippen LogP contribution in [0.2, 0.25) is 0 Å². The summed E-state index contributed by atoms with van der Waals surface area (Å²) in [5, 5.41) is 3.25. The molecule has 1 heterocycles. The van der Waals surface area contributed by atoms with E-state index in [1.54, 1.807) is 56.5 Å². The first-order valence-electron chi connectivity index (χ1n) is 10.8. The van der Waals surface area contributed by atoms with Gasteiger partial charge in [0.2, 0.25) is 11.2 Å². The molecule has 3 aromatic carbocycles. The Morgan fingerprint density at radius 2 is 1.65 bits per heavy atom. The third kappa shape index (κ3) is 5.20. The van der Waals surface area contributed by atoms with E-state index in [9.17, 15) is 9.59 Å². The Bertz CT molecular complexity index is 1350. The smallest absolute Gasteiger partial charge is 0.258 e. The minimum absolute atomic E-state index is 0.112. The Balaban J connectivity index is 1.45. The summed E-state index contributed by atoms with van der Waals surface area (Å²) in [7, 11) is 1.58. The molecule has 1 N–H and O–H groups in total. The number of fused-ring (bicyclic) bond motifs is 1. The molecule has 7 nitrogen and oxygen atoms in total. The van der Waals surface area contributed by atoms with Crippen LogP contribution in [0, 0.1) is 6.92 Å². The summed E-state index contributed by atoms with van der Waals surface area (Å²) >= 11 is 0. The molecule has 0 bridgehead atoms. The predicted molar refractivity (Wildman–Crippen MR) is 129 cm³/mol. The lowest BCUT2D eigenvalue weighted by Crippen LogP contribution is -2.31. The fourth-order valence-corrected chi connectivity index (χ4v) is 3.49. The SMILES string of the molecule is COc1ccc(Oc2c(C)oc3cc(OCC(=O)NC(C)c4ccccc4)ccc3c2=O)cc1. The minimum Gasteiger partial charge on any atom is -0.497 e.